The van der Waals surface area contributed by atoms with Gasteiger partial charge in [0.2, 0.25) is 0 Å². The lowest BCUT2D eigenvalue weighted by Gasteiger charge is -2.41. The summed E-state index contributed by atoms with van der Waals surface area (Å²) in [4.78, 5) is 0. The third kappa shape index (κ3) is 1.95. The summed E-state index contributed by atoms with van der Waals surface area (Å²) < 4.78 is 0. The van der Waals surface area contributed by atoms with Crippen LogP contribution in [0.4, 0.5) is 0 Å². The molecule has 1 rings (SSSR count). The van der Waals surface area contributed by atoms with E-state index >= 15 is 0 Å². The summed E-state index contributed by atoms with van der Waals surface area (Å²) in [5, 5.41) is 3.38. The first kappa shape index (κ1) is 8.58. The summed E-state index contributed by atoms with van der Waals surface area (Å²) in [6.45, 7) is 3.39. The van der Waals surface area contributed by atoms with E-state index in [2.05, 4.69) is 17.2 Å². The van der Waals surface area contributed by atoms with E-state index in [0.29, 0.717) is 0 Å². The molecule has 0 bridgehead atoms. The molecule has 1 aliphatic carbocycles. The minimum absolute atomic E-state index is 0.240. The van der Waals surface area contributed by atoms with Crippen molar-refractivity contribution in [3.63, 3.8) is 0 Å². The molecule has 0 aromatic heterocycles. The maximum Gasteiger partial charge on any atom is 0.0581 e. The van der Waals surface area contributed by atoms with Crippen LogP contribution in [0.5, 0.6) is 0 Å². The fraction of sp³-hybridized carbons (Fsp3) is 0.778. The number of hydrogen-bond donors (Lipinski definition) is 2. The molecule has 0 spiro atoms. The van der Waals surface area contributed by atoms with Crippen LogP contribution < -0.4 is 11.1 Å². The normalized spacial score (nSPS) is 19.8. The predicted molar refractivity (Wildman–Crippen MR) is 47.1 cm³/mol. The van der Waals surface area contributed by atoms with E-state index in [1.165, 1.54) is 19.3 Å². The van der Waals surface area contributed by atoms with Crippen LogP contribution in [-0.2, 0) is 0 Å². The highest BCUT2D eigenvalue weighted by atomic mass is 15.0. The Kier molecular flexibility index (Phi) is 2.92. The Morgan fingerprint density at radius 3 is 2.64 bits per heavy atom. The molecule has 1 fully saturated rings. The minimum atomic E-state index is 0.240. The molecule has 0 amide bonds. The molecule has 11 heavy (non-hydrogen) atoms. The van der Waals surface area contributed by atoms with Crippen molar-refractivity contribution in [2.24, 2.45) is 5.73 Å². The van der Waals surface area contributed by atoms with Crippen molar-refractivity contribution in [3.05, 3.63) is 0 Å². The zero-order valence-corrected chi connectivity index (χ0v) is 7.11. The number of nitrogens with two attached hydrogens (primary N) is 1. The molecule has 0 saturated heterocycles. The quantitative estimate of drug-likeness (QED) is 0.577. The van der Waals surface area contributed by atoms with E-state index in [4.69, 9.17) is 5.73 Å². The van der Waals surface area contributed by atoms with Crippen LogP contribution in [0.15, 0.2) is 0 Å². The van der Waals surface area contributed by atoms with Crippen LogP contribution in [-0.4, -0.2) is 18.6 Å². The van der Waals surface area contributed by atoms with Crippen molar-refractivity contribution >= 4 is 0 Å². The molecule has 0 heterocycles. The molecule has 0 unspecified atom stereocenters. The lowest BCUT2D eigenvalue weighted by atomic mass is 9.77. The molecule has 1 saturated carbocycles. The first-order valence-corrected chi connectivity index (χ1v) is 4.18. The van der Waals surface area contributed by atoms with Crippen molar-refractivity contribution in [2.45, 2.75) is 31.7 Å². The van der Waals surface area contributed by atoms with E-state index in [-0.39, 0.29) is 5.54 Å². The summed E-state index contributed by atoms with van der Waals surface area (Å²) in [5.74, 6) is 5.85. The van der Waals surface area contributed by atoms with Crippen molar-refractivity contribution in [1.82, 2.24) is 5.32 Å². The van der Waals surface area contributed by atoms with Gasteiger partial charge >= 0.3 is 0 Å². The van der Waals surface area contributed by atoms with Crippen LogP contribution in [0, 0.1) is 11.8 Å². The molecule has 0 aliphatic heterocycles. The summed E-state index contributed by atoms with van der Waals surface area (Å²) >= 11 is 0. The lowest BCUT2D eigenvalue weighted by Crippen LogP contribution is -2.56. The van der Waals surface area contributed by atoms with E-state index < -0.39 is 0 Å². The average Bonchev–Trinajstić information content (AvgIpc) is 1.95. The lowest BCUT2D eigenvalue weighted by molar-refractivity contribution is 0.202. The number of nitrogens with one attached hydrogen (secondary N) is 1. The maximum atomic E-state index is 5.64. The molecule has 62 valence electrons. The molecular weight excluding hydrogens is 136 g/mol. The van der Waals surface area contributed by atoms with Gasteiger partial charge in [-0.3, -0.25) is 5.32 Å². The zero-order chi connectivity index (χ0) is 8.16. The van der Waals surface area contributed by atoms with Crippen LogP contribution in [0.2, 0.25) is 0 Å². The Hall–Kier alpha value is -0.520. The largest absolute Gasteiger partial charge is 0.329 e. The maximum absolute atomic E-state index is 5.64. The topological polar surface area (TPSA) is 38.0 Å². The van der Waals surface area contributed by atoms with Crippen molar-refractivity contribution in [2.75, 3.05) is 13.1 Å². The Bertz CT molecular complexity index is 166. The van der Waals surface area contributed by atoms with Gasteiger partial charge in [-0.2, -0.15) is 0 Å². The molecular formula is C9H16N2. The van der Waals surface area contributed by atoms with Crippen molar-refractivity contribution in [3.8, 4) is 11.8 Å². The van der Waals surface area contributed by atoms with E-state index in [1.54, 1.807) is 0 Å². The van der Waals surface area contributed by atoms with Crippen LogP contribution in [0.1, 0.15) is 26.2 Å². The SMILES string of the molecule is CC#CCNC1(CN)CCC1. The Morgan fingerprint density at radius 2 is 2.27 bits per heavy atom. The molecule has 2 nitrogen and oxygen atoms in total. The Balaban J connectivity index is 2.25. The van der Waals surface area contributed by atoms with E-state index in [1.807, 2.05) is 6.92 Å². The van der Waals surface area contributed by atoms with Crippen molar-refractivity contribution in [1.29, 1.82) is 0 Å². The smallest absolute Gasteiger partial charge is 0.0581 e. The highest BCUT2D eigenvalue weighted by Crippen LogP contribution is 2.30. The second kappa shape index (κ2) is 3.75. The summed E-state index contributed by atoms with van der Waals surface area (Å²) in [6, 6.07) is 0. The van der Waals surface area contributed by atoms with Gasteiger partial charge in [0.15, 0.2) is 0 Å². The van der Waals surface area contributed by atoms with E-state index in [9.17, 15) is 0 Å². The van der Waals surface area contributed by atoms with Gasteiger partial charge in [-0.05, 0) is 26.2 Å². The third-order valence-corrected chi connectivity index (χ3v) is 2.43. The number of hydrogen-bond acceptors (Lipinski definition) is 2. The fourth-order valence-corrected chi connectivity index (χ4v) is 1.38. The first-order valence-electron chi connectivity index (χ1n) is 4.18. The van der Waals surface area contributed by atoms with Crippen molar-refractivity contribution < 1.29 is 0 Å². The second-order valence-corrected chi connectivity index (χ2v) is 3.12. The Labute approximate surface area is 68.5 Å². The second-order valence-electron chi connectivity index (χ2n) is 3.12. The molecule has 0 aromatic carbocycles. The average molecular weight is 152 g/mol. The highest BCUT2D eigenvalue weighted by Gasteiger charge is 2.34. The monoisotopic (exact) mass is 152 g/mol. The summed E-state index contributed by atoms with van der Waals surface area (Å²) in [5.41, 5.74) is 5.88. The van der Waals surface area contributed by atoms with Gasteiger partial charge in [0.25, 0.3) is 0 Å². The predicted octanol–water partition coefficient (Wildman–Crippen LogP) is 0.481. The van der Waals surface area contributed by atoms with Crippen LogP contribution in [0.3, 0.4) is 0 Å². The minimum Gasteiger partial charge on any atom is -0.329 e. The summed E-state index contributed by atoms with van der Waals surface area (Å²) in [6.07, 6.45) is 3.74. The highest BCUT2D eigenvalue weighted by molar-refractivity contribution is 5.03. The Morgan fingerprint density at radius 1 is 1.55 bits per heavy atom. The van der Waals surface area contributed by atoms with Crippen LogP contribution in [0.25, 0.3) is 0 Å². The molecule has 0 radical (unpaired) electrons. The van der Waals surface area contributed by atoms with Gasteiger partial charge in [-0.1, -0.05) is 5.92 Å². The third-order valence-electron chi connectivity index (χ3n) is 2.43. The first-order chi connectivity index (χ1) is 5.33. The number of rotatable bonds is 3. The zero-order valence-electron chi connectivity index (χ0n) is 7.11. The molecule has 2 heteroatoms. The standard InChI is InChI=1S/C9H16N2/c1-2-3-7-11-9(8-10)5-4-6-9/h11H,4-8,10H2,1H3. The van der Waals surface area contributed by atoms with Gasteiger partial charge in [0.05, 0.1) is 6.54 Å². The van der Waals surface area contributed by atoms with Gasteiger partial charge in [-0.15, -0.1) is 5.92 Å². The molecule has 0 atom stereocenters. The van der Waals surface area contributed by atoms with Gasteiger partial charge < -0.3 is 5.73 Å². The molecule has 3 N–H and O–H groups in total. The van der Waals surface area contributed by atoms with Gasteiger partial charge in [0.1, 0.15) is 0 Å². The van der Waals surface area contributed by atoms with Gasteiger partial charge in [0, 0.05) is 12.1 Å². The fourth-order valence-electron chi connectivity index (χ4n) is 1.38. The molecule has 0 aromatic rings. The van der Waals surface area contributed by atoms with Gasteiger partial charge in [-0.25, -0.2) is 0 Å². The van der Waals surface area contributed by atoms with Crippen LogP contribution >= 0.6 is 0 Å². The summed E-state index contributed by atoms with van der Waals surface area (Å²) in [7, 11) is 0. The molecule has 1 aliphatic rings. The van der Waals surface area contributed by atoms with E-state index in [0.717, 1.165) is 13.1 Å².